The van der Waals surface area contributed by atoms with Crippen LogP contribution in [0.25, 0.3) is 0 Å². The number of hydrogen-bond acceptors (Lipinski definition) is 2. The molecule has 3 heteroatoms. The van der Waals surface area contributed by atoms with Crippen LogP contribution in [-0.2, 0) is 4.79 Å². The van der Waals surface area contributed by atoms with Crippen molar-refractivity contribution in [1.29, 1.82) is 0 Å². The maximum absolute atomic E-state index is 12.2. The minimum absolute atomic E-state index is 0.0367. The van der Waals surface area contributed by atoms with E-state index in [1.165, 1.54) is 16.7 Å². The fraction of sp³-hybridized carbons (Fsp3) is 0.562. The van der Waals surface area contributed by atoms with Gasteiger partial charge < -0.3 is 4.90 Å². The van der Waals surface area contributed by atoms with Gasteiger partial charge in [0.2, 0.25) is 5.91 Å². The van der Waals surface area contributed by atoms with E-state index in [-0.39, 0.29) is 18.1 Å². The highest BCUT2D eigenvalue weighted by atomic mass is 16.2. The highest BCUT2D eigenvalue weighted by Gasteiger charge is 2.36. The molecule has 0 aromatic heterocycles. The first kappa shape index (κ1) is 14.1. The van der Waals surface area contributed by atoms with E-state index in [0.29, 0.717) is 0 Å². The van der Waals surface area contributed by atoms with Crippen LogP contribution in [0.5, 0.6) is 0 Å². The lowest BCUT2D eigenvalue weighted by Gasteiger charge is -2.26. The lowest BCUT2D eigenvalue weighted by Crippen LogP contribution is -2.31. The highest BCUT2D eigenvalue weighted by Crippen LogP contribution is 2.28. The van der Waals surface area contributed by atoms with Crippen molar-refractivity contribution in [3.8, 4) is 0 Å². The first-order valence-corrected chi connectivity index (χ1v) is 7.18. The zero-order valence-electron chi connectivity index (χ0n) is 12.4. The number of carbonyl (C=O) groups is 1. The molecule has 3 nitrogen and oxygen atoms in total. The minimum atomic E-state index is -0.0810. The molecule has 1 aromatic rings. The molecule has 19 heavy (non-hydrogen) atoms. The average Bonchev–Trinajstić information content (AvgIpc) is 2.63. The number of unbranched alkanes of at least 4 members (excludes halogenated alkanes) is 1. The number of nitrogens with zero attached hydrogens (tertiary/aromatic N) is 1. The number of hydrogen-bond donors (Lipinski definition) is 1. The van der Waals surface area contributed by atoms with Gasteiger partial charge in [0, 0.05) is 6.54 Å². The summed E-state index contributed by atoms with van der Waals surface area (Å²) in [5.41, 5.74) is 3.74. The SMILES string of the molecule is CCCCN1C(=O)C(C)NC1c1ccc(C)cc1C. The van der Waals surface area contributed by atoms with Crippen LogP contribution in [0.2, 0.25) is 0 Å². The summed E-state index contributed by atoms with van der Waals surface area (Å²) in [6, 6.07) is 6.37. The molecule has 1 aliphatic rings. The van der Waals surface area contributed by atoms with Crippen molar-refractivity contribution in [2.75, 3.05) is 6.54 Å². The molecule has 2 atom stereocenters. The molecule has 0 spiro atoms. The molecule has 0 aliphatic carbocycles. The van der Waals surface area contributed by atoms with Crippen molar-refractivity contribution in [2.24, 2.45) is 0 Å². The van der Waals surface area contributed by atoms with Crippen molar-refractivity contribution >= 4 is 5.91 Å². The molecule has 0 saturated carbocycles. The van der Waals surface area contributed by atoms with Gasteiger partial charge in [0.1, 0.15) is 6.17 Å². The Morgan fingerprint density at radius 2 is 2.05 bits per heavy atom. The maximum atomic E-state index is 12.2. The summed E-state index contributed by atoms with van der Waals surface area (Å²) >= 11 is 0. The van der Waals surface area contributed by atoms with E-state index < -0.39 is 0 Å². The van der Waals surface area contributed by atoms with Crippen molar-refractivity contribution in [1.82, 2.24) is 10.2 Å². The van der Waals surface area contributed by atoms with Crippen LogP contribution in [0.15, 0.2) is 18.2 Å². The van der Waals surface area contributed by atoms with Crippen LogP contribution in [0.4, 0.5) is 0 Å². The largest absolute Gasteiger partial charge is 0.322 e. The van der Waals surface area contributed by atoms with Gasteiger partial charge in [-0.25, -0.2) is 0 Å². The van der Waals surface area contributed by atoms with Gasteiger partial charge in [0.05, 0.1) is 6.04 Å². The Bertz CT molecular complexity index is 470. The van der Waals surface area contributed by atoms with Crippen molar-refractivity contribution in [2.45, 2.75) is 52.7 Å². The third kappa shape index (κ3) is 2.81. The Morgan fingerprint density at radius 1 is 1.32 bits per heavy atom. The van der Waals surface area contributed by atoms with Gasteiger partial charge in [-0.15, -0.1) is 0 Å². The molecule has 1 aliphatic heterocycles. The van der Waals surface area contributed by atoms with Crippen LogP contribution < -0.4 is 5.32 Å². The van der Waals surface area contributed by atoms with E-state index in [2.05, 4.69) is 44.3 Å². The lowest BCUT2D eigenvalue weighted by atomic mass is 10.0. The normalized spacial score (nSPS) is 23.2. The van der Waals surface area contributed by atoms with Crippen LogP contribution in [0.1, 0.15) is 49.5 Å². The predicted molar refractivity (Wildman–Crippen MR) is 77.9 cm³/mol. The first-order valence-electron chi connectivity index (χ1n) is 7.18. The quantitative estimate of drug-likeness (QED) is 0.902. The standard InChI is InChI=1S/C16H24N2O/c1-5-6-9-18-15(17-13(4)16(18)19)14-8-7-11(2)10-12(14)3/h7-8,10,13,15,17H,5-6,9H2,1-4H3. The summed E-state index contributed by atoms with van der Waals surface area (Å²) in [5, 5.41) is 3.42. The molecule has 0 radical (unpaired) electrons. The number of aryl methyl sites for hydroxylation is 2. The number of benzene rings is 1. The second-order valence-electron chi connectivity index (χ2n) is 5.54. The van der Waals surface area contributed by atoms with Crippen LogP contribution in [0.3, 0.4) is 0 Å². The summed E-state index contributed by atoms with van der Waals surface area (Å²) in [6.45, 7) is 9.16. The Hall–Kier alpha value is -1.35. The monoisotopic (exact) mass is 260 g/mol. The summed E-state index contributed by atoms with van der Waals surface area (Å²) in [6.07, 6.45) is 2.20. The van der Waals surface area contributed by atoms with E-state index in [1.807, 2.05) is 11.8 Å². The Balaban J connectivity index is 2.28. The first-order chi connectivity index (χ1) is 9.04. The topological polar surface area (TPSA) is 32.3 Å². The smallest absolute Gasteiger partial charge is 0.241 e. The van der Waals surface area contributed by atoms with Gasteiger partial charge in [-0.2, -0.15) is 0 Å². The second-order valence-corrected chi connectivity index (χ2v) is 5.54. The predicted octanol–water partition coefficient (Wildman–Crippen LogP) is 2.92. The van der Waals surface area contributed by atoms with E-state index in [0.717, 1.165) is 19.4 Å². The van der Waals surface area contributed by atoms with Gasteiger partial charge in [0.15, 0.2) is 0 Å². The van der Waals surface area contributed by atoms with Gasteiger partial charge in [-0.3, -0.25) is 10.1 Å². The summed E-state index contributed by atoms with van der Waals surface area (Å²) in [7, 11) is 0. The van der Waals surface area contributed by atoms with E-state index in [4.69, 9.17) is 0 Å². The van der Waals surface area contributed by atoms with Crippen LogP contribution in [-0.4, -0.2) is 23.4 Å². The molecule has 2 rings (SSSR count). The average molecular weight is 260 g/mol. The van der Waals surface area contributed by atoms with E-state index >= 15 is 0 Å². The molecule has 1 heterocycles. The number of amides is 1. The molecule has 1 fully saturated rings. The van der Waals surface area contributed by atoms with Gasteiger partial charge in [-0.05, 0) is 38.3 Å². The molecule has 104 valence electrons. The van der Waals surface area contributed by atoms with E-state index in [1.54, 1.807) is 0 Å². The number of nitrogens with one attached hydrogen (secondary N) is 1. The molecule has 1 aromatic carbocycles. The van der Waals surface area contributed by atoms with Gasteiger partial charge >= 0.3 is 0 Å². The van der Waals surface area contributed by atoms with E-state index in [9.17, 15) is 4.79 Å². The van der Waals surface area contributed by atoms with Crippen LogP contribution in [0, 0.1) is 13.8 Å². The third-order valence-electron chi connectivity index (χ3n) is 3.85. The van der Waals surface area contributed by atoms with Crippen molar-refractivity contribution in [3.05, 3.63) is 34.9 Å². The van der Waals surface area contributed by atoms with Gasteiger partial charge in [0.25, 0.3) is 0 Å². The Labute approximate surface area is 116 Å². The summed E-state index contributed by atoms with van der Waals surface area (Å²) in [4.78, 5) is 14.2. The highest BCUT2D eigenvalue weighted by molar-refractivity contribution is 5.84. The molecular formula is C16H24N2O. The second kappa shape index (κ2) is 5.74. The molecule has 0 bridgehead atoms. The fourth-order valence-electron chi connectivity index (χ4n) is 2.73. The summed E-state index contributed by atoms with van der Waals surface area (Å²) in [5.74, 6) is 0.221. The Morgan fingerprint density at radius 3 is 2.68 bits per heavy atom. The zero-order valence-corrected chi connectivity index (χ0v) is 12.4. The molecule has 1 saturated heterocycles. The maximum Gasteiger partial charge on any atom is 0.241 e. The number of carbonyl (C=O) groups excluding carboxylic acids is 1. The van der Waals surface area contributed by atoms with Gasteiger partial charge in [-0.1, -0.05) is 37.1 Å². The van der Waals surface area contributed by atoms with Crippen molar-refractivity contribution < 1.29 is 4.79 Å². The third-order valence-corrected chi connectivity index (χ3v) is 3.85. The molecule has 1 N–H and O–H groups in total. The Kier molecular flexibility index (Phi) is 4.25. The lowest BCUT2D eigenvalue weighted by molar-refractivity contribution is -0.129. The molecule has 2 unspecified atom stereocenters. The van der Waals surface area contributed by atoms with Crippen LogP contribution >= 0.6 is 0 Å². The molecular weight excluding hydrogens is 236 g/mol. The minimum Gasteiger partial charge on any atom is -0.322 e. The molecule has 1 amide bonds. The number of rotatable bonds is 4. The summed E-state index contributed by atoms with van der Waals surface area (Å²) < 4.78 is 0. The van der Waals surface area contributed by atoms with Crippen molar-refractivity contribution in [3.63, 3.8) is 0 Å². The zero-order chi connectivity index (χ0) is 14.0. The fourth-order valence-corrected chi connectivity index (χ4v) is 2.73.